The van der Waals surface area contributed by atoms with Crippen LogP contribution in [0, 0.1) is 5.82 Å². The number of nitrogens with one attached hydrogen (secondary N) is 1. The molecule has 2 aromatic rings. The van der Waals surface area contributed by atoms with Gasteiger partial charge in [-0.3, -0.25) is 4.79 Å². The smallest absolute Gasteiger partial charge is 0.292 e. The first-order chi connectivity index (χ1) is 10.3. The van der Waals surface area contributed by atoms with Gasteiger partial charge < -0.3 is 4.90 Å². The highest BCUT2D eigenvalue weighted by atomic mass is 32.1. The van der Waals surface area contributed by atoms with Gasteiger partial charge in [-0.05, 0) is 12.1 Å². The molecule has 0 saturated carbocycles. The van der Waals surface area contributed by atoms with Crippen molar-refractivity contribution >= 4 is 22.4 Å². The second-order valence-electron chi connectivity index (χ2n) is 5.50. The lowest BCUT2D eigenvalue weighted by molar-refractivity contribution is -0.924. The van der Waals surface area contributed by atoms with Crippen molar-refractivity contribution in [2.45, 2.75) is 25.0 Å². The molecule has 1 amide bonds. The molecule has 0 radical (unpaired) electrons. The summed E-state index contributed by atoms with van der Waals surface area (Å²) in [7, 11) is 0. The number of anilines is 1. The molecule has 21 heavy (non-hydrogen) atoms. The topological polar surface area (TPSA) is 37.6 Å². The van der Waals surface area contributed by atoms with E-state index < -0.39 is 0 Å². The maximum atomic E-state index is 13.6. The van der Waals surface area contributed by atoms with E-state index >= 15 is 0 Å². The molecule has 2 aliphatic rings. The molecule has 2 saturated heterocycles. The number of carbonyl (C=O) groups excluding carboxylic acids is 1. The van der Waals surface area contributed by atoms with Gasteiger partial charge in [0.1, 0.15) is 5.82 Å². The van der Waals surface area contributed by atoms with Gasteiger partial charge in [-0.1, -0.05) is 12.1 Å². The highest BCUT2D eigenvalue weighted by molar-refractivity contribution is 7.13. The standard InChI is InChI=1S/C15H14FN3OS/c16-11-4-1-3-10(9-11)13-18-7-2-5-12(18)14(20)19(13)15-17-6-8-21-15/h1,3-4,6,8-9,12-13H,2,5,7H2/p+1. The fraction of sp³-hybridized carbons (Fsp3) is 0.333. The number of nitrogens with zero attached hydrogens (tertiary/aromatic N) is 2. The molecule has 1 aromatic carbocycles. The highest BCUT2D eigenvalue weighted by Crippen LogP contribution is 2.32. The van der Waals surface area contributed by atoms with Gasteiger partial charge in [0.2, 0.25) is 0 Å². The number of fused-ring (bicyclic) bond motifs is 1. The summed E-state index contributed by atoms with van der Waals surface area (Å²) >= 11 is 1.45. The lowest BCUT2D eigenvalue weighted by atomic mass is 10.1. The van der Waals surface area contributed by atoms with Gasteiger partial charge in [-0.15, -0.1) is 11.3 Å². The van der Waals surface area contributed by atoms with Gasteiger partial charge >= 0.3 is 0 Å². The van der Waals surface area contributed by atoms with E-state index in [2.05, 4.69) is 4.98 Å². The zero-order valence-corrected chi connectivity index (χ0v) is 12.1. The first kappa shape index (κ1) is 12.9. The lowest BCUT2D eigenvalue weighted by Gasteiger charge is -2.24. The van der Waals surface area contributed by atoms with Crippen LogP contribution in [-0.2, 0) is 4.79 Å². The van der Waals surface area contributed by atoms with Crippen LogP contribution < -0.4 is 9.80 Å². The minimum atomic E-state index is -0.263. The fourth-order valence-corrected chi connectivity index (χ4v) is 4.19. The lowest BCUT2D eigenvalue weighted by Crippen LogP contribution is -3.12. The first-order valence-electron chi connectivity index (χ1n) is 7.09. The van der Waals surface area contributed by atoms with E-state index in [0.29, 0.717) is 5.13 Å². The summed E-state index contributed by atoms with van der Waals surface area (Å²) in [4.78, 5) is 20.0. The Morgan fingerprint density at radius 1 is 1.43 bits per heavy atom. The molecule has 108 valence electrons. The Labute approximate surface area is 125 Å². The van der Waals surface area contributed by atoms with E-state index in [4.69, 9.17) is 0 Å². The van der Waals surface area contributed by atoms with E-state index in [9.17, 15) is 9.18 Å². The SMILES string of the molecule is O=C1C2CCC[NH+]2C(c2cccc(F)c2)N1c1nccs1. The number of halogens is 1. The van der Waals surface area contributed by atoms with Gasteiger partial charge in [0, 0.05) is 30.0 Å². The van der Waals surface area contributed by atoms with Crippen molar-refractivity contribution in [2.24, 2.45) is 0 Å². The predicted molar refractivity (Wildman–Crippen MR) is 77.6 cm³/mol. The molecule has 2 aliphatic heterocycles. The Morgan fingerprint density at radius 2 is 2.33 bits per heavy atom. The van der Waals surface area contributed by atoms with Gasteiger partial charge in [-0.2, -0.15) is 0 Å². The summed E-state index contributed by atoms with van der Waals surface area (Å²) in [6, 6.07) is 6.56. The number of aromatic nitrogens is 1. The molecule has 0 spiro atoms. The number of rotatable bonds is 2. The Bertz CT molecular complexity index is 675. The quantitative estimate of drug-likeness (QED) is 0.910. The molecular weight excluding hydrogens is 289 g/mol. The Kier molecular flexibility index (Phi) is 3.01. The molecule has 3 atom stereocenters. The third-order valence-electron chi connectivity index (χ3n) is 4.34. The first-order valence-corrected chi connectivity index (χ1v) is 7.97. The number of thiazole rings is 1. The van der Waals surface area contributed by atoms with Crippen molar-refractivity contribution in [1.82, 2.24) is 4.98 Å². The molecule has 2 fully saturated rings. The zero-order valence-electron chi connectivity index (χ0n) is 11.3. The van der Waals surface area contributed by atoms with Crippen LogP contribution in [0.3, 0.4) is 0 Å². The van der Waals surface area contributed by atoms with Crippen molar-refractivity contribution in [3.63, 3.8) is 0 Å². The summed E-state index contributed by atoms with van der Waals surface area (Å²) < 4.78 is 13.6. The normalized spacial score (nSPS) is 28.1. The summed E-state index contributed by atoms with van der Waals surface area (Å²) in [5, 5.41) is 2.57. The fourth-order valence-electron chi connectivity index (χ4n) is 3.52. The average molecular weight is 304 g/mol. The molecule has 4 rings (SSSR count). The van der Waals surface area contributed by atoms with Crippen LogP contribution in [0.25, 0.3) is 0 Å². The van der Waals surface area contributed by atoms with Crippen molar-refractivity contribution in [2.75, 3.05) is 11.4 Å². The third-order valence-corrected chi connectivity index (χ3v) is 5.11. The second kappa shape index (κ2) is 4.89. The van der Waals surface area contributed by atoms with Crippen molar-refractivity contribution < 1.29 is 14.1 Å². The maximum absolute atomic E-state index is 13.6. The molecule has 4 nitrogen and oxygen atoms in total. The van der Waals surface area contributed by atoms with Gasteiger partial charge in [-0.25, -0.2) is 14.3 Å². The number of quaternary nitrogens is 1. The number of hydrogen-bond acceptors (Lipinski definition) is 3. The van der Waals surface area contributed by atoms with Crippen LogP contribution in [0.2, 0.25) is 0 Å². The number of benzene rings is 1. The minimum absolute atomic E-state index is 0.0119. The van der Waals surface area contributed by atoms with E-state index in [1.807, 2.05) is 11.4 Å². The monoisotopic (exact) mass is 304 g/mol. The Morgan fingerprint density at radius 3 is 3.10 bits per heavy atom. The van der Waals surface area contributed by atoms with Crippen LogP contribution in [0.15, 0.2) is 35.8 Å². The number of hydrogen-bond donors (Lipinski definition) is 1. The summed E-state index contributed by atoms with van der Waals surface area (Å²) in [6.07, 6.45) is 3.49. The average Bonchev–Trinajstić information content (AvgIpc) is 3.17. The molecular formula is C15H15FN3OS+. The van der Waals surface area contributed by atoms with Gasteiger partial charge in [0.25, 0.3) is 5.91 Å². The molecule has 0 aliphatic carbocycles. The minimum Gasteiger partial charge on any atom is -0.301 e. The van der Waals surface area contributed by atoms with E-state index in [-0.39, 0.29) is 23.9 Å². The Hall–Kier alpha value is -1.79. The third kappa shape index (κ3) is 1.98. The van der Waals surface area contributed by atoms with Crippen molar-refractivity contribution in [3.8, 4) is 0 Å². The van der Waals surface area contributed by atoms with E-state index in [1.54, 1.807) is 17.2 Å². The maximum Gasteiger partial charge on any atom is 0.292 e. The van der Waals surface area contributed by atoms with Crippen LogP contribution >= 0.6 is 11.3 Å². The van der Waals surface area contributed by atoms with Gasteiger partial charge in [0.15, 0.2) is 17.3 Å². The van der Waals surface area contributed by atoms with E-state index in [1.165, 1.54) is 28.4 Å². The van der Waals surface area contributed by atoms with Crippen LogP contribution in [-0.4, -0.2) is 23.5 Å². The molecule has 3 heterocycles. The molecule has 1 N–H and O–H groups in total. The van der Waals surface area contributed by atoms with Crippen LogP contribution in [0.1, 0.15) is 24.6 Å². The Balaban J connectivity index is 1.82. The van der Waals surface area contributed by atoms with Gasteiger partial charge in [0.05, 0.1) is 6.54 Å². The van der Waals surface area contributed by atoms with Crippen LogP contribution in [0.4, 0.5) is 9.52 Å². The molecule has 6 heteroatoms. The van der Waals surface area contributed by atoms with Crippen molar-refractivity contribution in [3.05, 3.63) is 47.2 Å². The predicted octanol–water partition coefficient (Wildman–Crippen LogP) is 1.37. The summed E-state index contributed by atoms with van der Waals surface area (Å²) in [5.74, 6) is -0.146. The zero-order chi connectivity index (χ0) is 14.4. The van der Waals surface area contributed by atoms with Crippen LogP contribution in [0.5, 0.6) is 0 Å². The molecule has 1 aromatic heterocycles. The van der Waals surface area contributed by atoms with E-state index in [0.717, 1.165) is 24.9 Å². The van der Waals surface area contributed by atoms with Crippen molar-refractivity contribution in [1.29, 1.82) is 0 Å². The summed E-state index contributed by atoms with van der Waals surface area (Å²) in [5.41, 5.74) is 0.845. The number of carbonyl (C=O) groups is 1. The summed E-state index contributed by atoms with van der Waals surface area (Å²) in [6.45, 7) is 0.944. The highest BCUT2D eigenvalue weighted by Gasteiger charge is 2.54. The second-order valence-corrected chi connectivity index (χ2v) is 6.37. The molecule has 0 bridgehead atoms. The largest absolute Gasteiger partial charge is 0.301 e. The number of amides is 1. The molecule has 3 unspecified atom stereocenters.